The molecule has 0 saturated carbocycles. The van der Waals surface area contributed by atoms with Gasteiger partial charge in [-0.05, 0) is 37.1 Å². The smallest absolute Gasteiger partial charge is 0.323 e. The number of carbonyl (C=O) groups is 1. The van der Waals surface area contributed by atoms with Crippen LogP contribution in [0.1, 0.15) is 17.5 Å². The molecule has 0 aromatic heterocycles. The van der Waals surface area contributed by atoms with Gasteiger partial charge in [-0.25, -0.2) is 0 Å². The Balaban J connectivity index is 1.95. The first-order chi connectivity index (χ1) is 8.60. The zero-order valence-corrected chi connectivity index (χ0v) is 11.0. The number of ether oxygens (including phenoxy) is 2. The first-order valence-corrected chi connectivity index (χ1v) is 6.15. The second kappa shape index (κ2) is 5.40. The molecule has 0 radical (unpaired) electrons. The number of aryl methyl sites for hydroxylation is 2. The van der Waals surface area contributed by atoms with E-state index in [1.165, 1.54) is 18.2 Å². The minimum atomic E-state index is -0.244. The van der Waals surface area contributed by atoms with Gasteiger partial charge in [0, 0.05) is 13.0 Å². The van der Waals surface area contributed by atoms with Gasteiger partial charge in [0.1, 0.15) is 17.9 Å². The van der Waals surface area contributed by atoms with Crippen molar-refractivity contribution in [1.29, 1.82) is 0 Å². The molecule has 18 heavy (non-hydrogen) atoms. The lowest BCUT2D eigenvalue weighted by Crippen LogP contribution is -2.31. The molecule has 1 aromatic rings. The molecule has 1 fully saturated rings. The third kappa shape index (κ3) is 2.82. The Labute approximate surface area is 107 Å². The maximum atomic E-state index is 11.4. The molecule has 4 nitrogen and oxygen atoms in total. The number of methoxy groups -OCH3 is 1. The molecule has 1 heterocycles. The fraction of sp³-hybridized carbons (Fsp3) is 0.500. The van der Waals surface area contributed by atoms with E-state index >= 15 is 0 Å². The fourth-order valence-corrected chi connectivity index (χ4v) is 2.09. The molecule has 2 unspecified atom stereocenters. The normalized spacial score (nSPS) is 22.8. The van der Waals surface area contributed by atoms with Crippen molar-refractivity contribution in [3.8, 4) is 5.75 Å². The fourth-order valence-electron chi connectivity index (χ4n) is 2.09. The molecule has 0 amide bonds. The van der Waals surface area contributed by atoms with Crippen LogP contribution in [0.4, 0.5) is 0 Å². The van der Waals surface area contributed by atoms with Crippen LogP contribution in [0, 0.1) is 13.8 Å². The third-order valence-corrected chi connectivity index (χ3v) is 3.36. The molecule has 0 spiro atoms. The van der Waals surface area contributed by atoms with Gasteiger partial charge in [-0.15, -0.1) is 0 Å². The summed E-state index contributed by atoms with van der Waals surface area (Å²) in [5, 5.41) is 3.10. The Kier molecular flexibility index (Phi) is 3.87. The standard InChI is InChI=1S/C14H19NO3/c1-9-4-5-11(6-10(9)2)18-12-7-13(15-8-12)14(16)17-3/h4-6,12-13,15H,7-8H2,1-3H3. The highest BCUT2D eigenvalue weighted by Crippen LogP contribution is 2.20. The average molecular weight is 249 g/mol. The van der Waals surface area contributed by atoms with Crippen molar-refractivity contribution >= 4 is 5.97 Å². The summed E-state index contributed by atoms with van der Waals surface area (Å²) >= 11 is 0. The topological polar surface area (TPSA) is 47.6 Å². The molecule has 1 aromatic carbocycles. The van der Waals surface area contributed by atoms with Crippen LogP contribution in [0.2, 0.25) is 0 Å². The van der Waals surface area contributed by atoms with E-state index in [0.717, 1.165) is 5.75 Å². The van der Waals surface area contributed by atoms with Crippen molar-refractivity contribution in [2.24, 2.45) is 0 Å². The summed E-state index contributed by atoms with van der Waals surface area (Å²) in [4.78, 5) is 11.4. The summed E-state index contributed by atoms with van der Waals surface area (Å²) < 4.78 is 10.6. The number of rotatable bonds is 3. The van der Waals surface area contributed by atoms with Crippen molar-refractivity contribution in [2.45, 2.75) is 32.4 Å². The second-order valence-corrected chi connectivity index (χ2v) is 4.71. The van der Waals surface area contributed by atoms with Crippen molar-refractivity contribution in [3.63, 3.8) is 0 Å². The van der Waals surface area contributed by atoms with E-state index in [2.05, 4.69) is 19.2 Å². The summed E-state index contributed by atoms with van der Waals surface area (Å²) in [5.41, 5.74) is 2.46. The van der Waals surface area contributed by atoms with Gasteiger partial charge in [-0.2, -0.15) is 0 Å². The summed E-state index contributed by atoms with van der Waals surface area (Å²) in [6.07, 6.45) is 0.677. The molecule has 1 aliphatic rings. The molecule has 1 N–H and O–H groups in total. The number of nitrogens with one attached hydrogen (secondary N) is 1. The predicted octanol–water partition coefficient (Wildman–Crippen LogP) is 1.59. The minimum Gasteiger partial charge on any atom is -0.489 e. The molecule has 2 rings (SSSR count). The highest BCUT2D eigenvalue weighted by atomic mass is 16.5. The highest BCUT2D eigenvalue weighted by Gasteiger charge is 2.31. The summed E-state index contributed by atoms with van der Waals surface area (Å²) in [6, 6.07) is 5.80. The molecule has 4 heteroatoms. The number of hydrogen-bond acceptors (Lipinski definition) is 4. The average Bonchev–Trinajstić information content (AvgIpc) is 2.81. The molecular weight excluding hydrogens is 230 g/mol. The predicted molar refractivity (Wildman–Crippen MR) is 68.8 cm³/mol. The van der Waals surface area contributed by atoms with Gasteiger partial charge in [-0.3, -0.25) is 4.79 Å². The molecule has 2 atom stereocenters. The zero-order valence-electron chi connectivity index (χ0n) is 11.0. The van der Waals surface area contributed by atoms with Gasteiger partial charge in [0.15, 0.2) is 0 Å². The number of carbonyl (C=O) groups excluding carboxylic acids is 1. The minimum absolute atomic E-state index is 0.0243. The maximum Gasteiger partial charge on any atom is 0.323 e. The van der Waals surface area contributed by atoms with Gasteiger partial charge in [0.05, 0.1) is 7.11 Å². The van der Waals surface area contributed by atoms with Crippen LogP contribution in [0.15, 0.2) is 18.2 Å². The van der Waals surface area contributed by atoms with Crippen LogP contribution in [0.25, 0.3) is 0 Å². The molecule has 1 saturated heterocycles. The van der Waals surface area contributed by atoms with Gasteiger partial charge in [-0.1, -0.05) is 6.07 Å². The summed E-state index contributed by atoms with van der Waals surface area (Å²) in [5.74, 6) is 0.636. The quantitative estimate of drug-likeness (QED) is 0.826. The van der Waals surface area contributed by atoms with E-state index in [-0.39, 0.29) is 18.1 Å². The largest absolute Gasteiger partial charge is 0.489 e. The maximum absolute atomic E-state index is 11.4. The van der Waals surface area contributed by atoms with Crippen molar-refractivity contribution in [3.05, 3.63) is 29.3 Å². The zero-order chi connectivity index (χ0) is 13.1. The highest BCUT2D eigenvalue weighted by molar-refractivity contribution is 5.76. The summed E-state index contributed by atoms with van der Waals surface area (Å²) in [7, 11) is 1.40. The van der Waals surface area contributed by atoms with Gasteiger partial charge in [0.25, 0.3) is 0 Å². The van der Waals surface area contributed by atoms with Gasteiger partial charge < -0.3 is 14.8 Å². The van der Waals surface area contributed by atoms with Gasteiger partial charge in [0.2, 0.25) is 0 Å². The first kappa shape index (κ1) is 12.9. The Morgan fingerprint density at radius 2 is 2.11 bits per heavy atom. The van der Waals surface area contributed by atoms with E-state index in [9.17, 15) is 4.79 Å². The monoisotopic (exact) mass is 249 g/mol. The lowest BCUT2D eigenvalue weighted by Gasteiger charge is -2.14. The van der Waals surface area contributed by atoms with E-state index in [4.69, 9.17) is 9.47 Å². The van der Waals surface area contributed by atoms with Crippen LogP contribution < -0.4 is 10.1 Å². The van der Waals surface area contributed by atoms with Crippen LogP contribution in [0.5, 0.6) is 5.75 Å². The van der Waals surface area contributed by atoms with Crippen molar-refractivity contribution in [1.82, 2.24) is 5.32 Å². The van der Waals surface area contributed by atoms with Crippen molar-refractivity contribution in [2.75, 3.05) is 13.7 Å². The number of benzene rings is 1. The van der Waals surface area contributed by atoms with E-state index in [1.807, 2.05) is 18.2 Å². The molecule has 0 aliphatic carbocycles. The van der Waals surface area contributed by atoms with Crippen molar-refractivity contribution < 1.29 is 14.3 Å². The lowest BCUT2D eigenvalue weighted by atomic mass is 10.1. The van der Waals surface area contributed by atoms with Crippen LogP contribution >= 0.6 is 0 Å². The SMILES string of the molecule is COC(=O)C1CC(Oc2ccc(C)c(C)c2)CN1. The number of esters is 1. The Hall–Kier alpha value is -1.55. The number of hydrogen-bond donors (Lipinski definition) is 1. The third-order valence-electron chi connectivity index (χ3n) is 3.36. The lowest BCUT2D eigenvalue weighted by molar-refractivity contribution is -0.142. The molecule has 1 aliphatic heterocycles. The van der Waals surface area contributed by atoms with Crippen LogP contribution in [-0.2, 0) is 9.53 Å². The Bertz CT molecular complexity index is 445. The first-order valence-electron chi connectivity index (χ1n) is 6.15. The molecule has 98 valence electrons. The summed E-state index contributed by atoms with van der Waals surface area (Å²) in [6.45, 7) is 4.81. The Morgan fingerprint density at radius 3 is 2.78 bits per heavy atom. The van der Waals surface area contributed by atoms with Crippen LogP contribution in [-0.4, -0.2) is 31.8 Å². The van der Waals surface area contributed by atoms with E-state index in [0.29, 0.717) is 13.0 Å². The molecule has 0 bridgehead atoms. The Morgan fingerprint density at radius 1 is 1.33 bits per heavy atom. The van der Waals surface area contributed by atoms with E-state index in [1.54, 1.807) is 0 Å². The van der Waals surface area contributed by atoms with Gasteiger partial charge >= 0.3 is 5.97 Å². The molecular formula is C14H19NO3. The second-order valence-electron chi connectivity index (χ2n) is 4.71. The van der Waals surface area contributed by atoms with E-state index < -0.39 is 0 Å². The van der Waals surface area contributed by atoms with Crippen LogP contribution in [0.3, 0.4) is 0 Å².